The van der Waals surface area contributed by atoms with Crippen LogP contribution in [0.4, 0.5) is 5.69 Å². The van der Waals surface area contributed by atoms with Crippen LogP contribution < -0.4 is 4.90 Å². The molecule has 0 bridgehead atoms. The van der Waals surface area contributed by atoms with E-state index in [1.807, 2.05) is 32.7 Å². The van der Waals surface area contributed by atoms with Gasteiger partial charge in [0.1, 0.15) is 0 Å². The molecule has 2 aliphatic heterocycles. The summed E-state index contributed by atoms with van der Waals surface area (Å²) in [5.74, 6) is 0.297. The quantitative estimate of drug-likeness (QED) is 0.466. The number of halogens is 1. The third-order valence-corrected chi connectivity index (χ3v) is 8.41. The SMILES string of the molecule is CC(=O)N1CCC(c2c(C(=O)N3CCN(c4cc(Cl)ccc4C)CC3)cnn2-c2ccc(C)c(C)c2)CC1. The first kappa shape index (κ1) is 26.3. The number of piperazine rings is 1. The number of carbonyl (C=O) groups is 2. The Morgan fingerprint density at radius 2 is 1.53 bits per heavy atom. The number of benzene rings is 2. The summed E-state index contributed by atoms with van der Waals surface area (Å²) in [6.45, 7) is 12.1. The second-order valence-electron chi connectivity index (χ2n) is 10.6. The Balaban J connectivity index is 1.41. The number of amides is 2. The minimum absolute atomic E-state index is 0.0338. The molecule has 0 unspecified atom stereocenters. The van der Waals surface area contributed by atoms with Gasteiger partial charge in [0, 0.05) is 62.8 Å². The van der Waals surface area contributed by atoms with E-state index in [1.54, 1.807) is 13.1 Å². The van der Waals surface area contributed by atoms with Gasteiger partial charge in [0.2, 0.25) is 5.91 Å². The van der Waals surface area contributed by atoms with Gasteiger partial charge in [-0.3, -0.25) is 9.59 Å². The molecular formula is C30H36ClN5O2. The van der Waals surface area contributed by atoms with Crippen molar-refractivity contribution in [3.63, 3.8) is 0 Å². The van der Waals surface area contributed by atoms with Crippen molar-refractivity contribution in [2.24, 2.45) is 0 Å². The lowest BCUT2D eigenvalue weighted by atomic mass is 9.90. The van der Waals surface area contributed by atoms with Crippen LogP contribution in [0, 0.1) is 20.8 Å². The second-order valence-corrected chi connectivity index (χ2v) is 11.1. The first-order chi connectivity index (χ1) is 18.2. The topological polar surface area (TPSA) is 61.7 Å². The molecule has 2 aromatic carbocycles. The highest BCUT2D eigenvalue weighted by molar-refractivity contribution is 6.30. The molecule has 3 aromatic rings. The second kappa shape index (κ2) is 10.8. The monoisotopic (exact) mass is 533 g/mol. The molecule has 7 nitrogen and oxygen atoms in total. The molecule has 5 rings (SSSR count). The molecule has 0 spiro atoms. The average Bonchev–Trinajstić information content (AvgIpc) is 3.36. The summed E-state index contributed by atoms with van der Waals surface area (Å²) in [6, 6.07) is 12.3. The summed E-state index contributed by atoms with van der Waals surface area (Å²) >= 11 is 6.26. The minimum atomic E-state index is 0.0338. The third-order valence-electron chi connectivity index (χ3n) is 8.18. The van der Waals surface area contributed by atoms with Crippen molar-refractivity contribution in [3.05, 3.63) is 75.6 Å². The predicted molar refractivity (Wildman–Crippen MR) is 152 cm³/mol. The molecule has 200 valence electrons. The Hall–Kier alpha value is -3.32. The number of hydrogen-bond acceptors (Lipinski definition) is 4. The fraction of sp³-hybridized carbons (Fsp3) is 0.433. The Labute approximate surface area is 230 Å². The highest BCUT2D eigenvalue weighted by atomic mass is 35.5. The van der Waals surface area contributed by atoms with Gasteiger partial charge in [-0.1, -0.05) is 23.7 Å². The van der Waals surface area contributed by atoms with Gasteiger partial charge in [0.15, 0.2) is 0 Å². The number of piperidine rings is 1. The van der Waals surface area contributed by atoms with Crippen molar-refractivity contribution in [1.29, 1.82) is 0 Å². The van der Waals surface area contributed by atoms with Gasteiger partial charge in [0.05, 0.1) is 23.1 Å². The number of aromatic nitrogens is 2. The molecule has 2 fully saturated rings. The molecule has 0 N–H and O–H groups in total. The zero-order valence-corrected chi connectivity index (χ0v) is 23.5. The lowest BCUT2D eigenvalue weighted by Crippen LogP contribution is -2.49. The lowest BCUT2D eigenvalue weighted by Gasteiger charge is -2.37. The van der Waals surface area contributed by atoms with Crippen LogP contribution in [0.2, 0.25) is 5.02 Å². The zero-order chi connectivity index (χ0) is 27.0. The van der Waals surface area contributed by atoms with Crippen LogP contribution in [0.1, 0.15) is 58.4 Å². The normalized spacial score (nSPS) is 16.7. The van der Waals surface area contributed by atoms with E-state index < -0.39 is 0 Å². The van der Waals surface area contributed by atoms with Crippen LogP contribution in [0.15, 0.2) is 42.6 Å². The van der Waals surface area contributed by atoms with E-state index in [0.29, 0.717) is 31.7 Å². The lowest BCUT2D eigenvalue weighted by molar-refractivity contribution is -0.129. The van der Waals surface area contributed by atoms with Crippen molar-refractivity contribution >= 4 is 29.1 Å². The van der Waals surface area contributed by atoms with Crippen molar-refractivity contribution in [3.8, 4) is 5.69 Å². The summed E-state index contributed by atoms with van der Waals surface area (Å²) < 4.78 is 1.96. The standard InChI is InChI=1S/C30H36ClN5O2/c1-20-6-8-26(17-22(20)3)36-29(24-9-11-33(12-10-24)23(4)37)27(19-32-36)30(38)35-15-13-34(14-16-35)28-18-25(31)7-5-21(28)2/h5-8,17-19,24H,9-16H2,1-4H3. The van der Waals surface area contributed by atoms with Gasteiger partial charge >= 0.3 is 0 Å². The van der Waals surface area contributed by atoms with Crippen molar-refractivity contribution in [2.75, 3.05) is 44.2 Å². The molecular weight excluding hydrogens is 498 g/mol. The van der Waals surface area contributed by atoms with E-state index in [9.17, 15) is 9.59 Å². The number of likely N-dealkylation sites (tertiary alicyclic amines) is 1. The van der Waals surface area contributed by atoms with E-state index in [4.69, 9.17) is 16.7 Å². The maximum absolute atomic E-state index is 13.9. The fourth-order valence-corrected chi connectivity index (χ4v) is 5.86. The maximum atomic E-state index is 13.9. The van der Waals surface area contributed by atoms with E-state index in [-0.39, 0.29) is 17.7 Å². The zero-order valence-electron chi connectivity index (χ0n) is 22.7. The summed E-state index contributed by atoms with van der Waals surface area (Å²) in [6.07, 6.45) is 3.38. The Morgan fingerprint density at radius 1 is 0.842 bits per heavy atom. The van der Waals surface area contributed by atoms with Crippen molar-refractivity contribution in [2.45, 2.75) is 46.5 Å². The number of hydrogen-bond donors (Lipinski definition) is 0. The smallest absolute Gasteiger partial charge is 0.257 e. The van der Waals surface area contributed by atoms with Gasteiger partial charge in [-0.05, 0) is 74.6 Å². The number of anilines is 1. The van der Waals surface area contributed by atoms with Gasteiger partial charge in [-0.25, -0.2) is 4.68 Å². The molecule has 2 aliphatic rings. The van der Waals surface area contributed by atoms with Gasteiger partial charge in [0.25, 0.3) is 5.91 Å². The van der Waals surface area contributed by atoms with Crippen LogP contribution in [0.3, 0.4) is 0 Å². The van der Waals surface area contributed by atoms with Crippen LogP contribution in [0.25, 0.3) is 5.69 Å². The van der Waals surface area contributed by atoms with Gasteiger partial charge in [-0.15, -0.1) is 0 Å². The van der Waals surface area contributed by atoms with Crippen LogP contribution >= 0.6 is 11.6 Å². The first-order valence-electron chi connectivity index (χ1n) is 13.4. The average molecular weight is 534 g/mol. The van der Waals surface area contributed by atoms with Crippen molar-refractivity contribution in [1.82, 2.24) is 19.6 Å². The molecule has 8 heteroatoms. The Bertz CT molecular complexity index is 1350. The minimum Gasteiger partial charge on any atom is -0.368 e. The molecule has 2 amide bonds. The molecule has 38 heavy (non-hydrogen) atoms. The molecule has 1 aromatic heterocycles. The Morgan fingerprint density at radius 3 is 2.18 bits per heavy atom. The van der Waals surface area contributed by atoms with Gasteiger partial charge < -0.3 is 14.7 Å². The first-order valence-corrected chi connectivity index (χ1v) is 13.8. The summed E-state index contributed by atoms with van der Waals surface area (Å²) in [4.78, 5) is 32.0. The van der Waals surface area contributed by atoms with Crippen molar-refractivity contribution < 1.29 is 9.59 Å². The van der Waals surface area contributed by atoms with Crippen LogP contribution in [-0.4, -0.2) is 70.7 Å². The van der Waals surface area contributed by atoms with Crippen LogP contribution in [0.5, 0.6) is 0 Å². The van der Waals surface area contributed by atoms with E-state index in [0.717, 1.165) is 48.0 Å². The number of rotatable bonds is 4. The number of carbonyl (C=O) groups excluding carboxylic acids is 2. The summed E-state index contributed by atoms with van der Waals surface area (Å²) in [5, 5.41) is 5.48. The largest absolute Gasteiger partial charge is 0.368 e. The highest BCUT2D eigenvalue weighted by Crippen LogP contribution is 2.34. The molecule has 0 radical (unpaired) electrons. The van der Waals surface area contributed by atoms with Crippen LogP contribution in [-0.2, 0) is 4.79 Å². The highest BCUT2D eigenvalue weighted by Gasteiger charge is 2.32. The molecule has 0 atom stereocenters. The number of aryl methyl sites for hydroxylation is 3. The fourth-order valence-electron chi connectivity index (χ4n) is 5.69. The van der Waals surface area contributed by atoms with Gasteiger partial charge in [-0.2, -0.15) is 5.10 Å². The summed E-state index contributed by atoms with van der Waals surface area (Å²) in [5.41, 5.74) is 7.34. The molecule has 0 aliphatic carbocycles. The molecule has 0 saturated carbocycles. The van der Waals surface area contributed by atoms with E-state index in [2.05, 4.69) is 43.9 Å². The van der Waals surface area contributed by atoms with E-state index in [1.165, 1.54) is 16.7 Å². The predicted octanol–water partition coefficient (Wildman–Crippen LogP) is 5.14. The Kier molecular flexibility index (Phi) is 7.48. The number of nitrogens with zero attached hydrogens (tertiary/aromatic N) is 5. The molecule has 2 saturated heterocycles. The molecule has 3 heterocycles. The maximum Gasteiger partial charge on any atom is 0.257 e. The summed E-state index contributed by atoms with van der Waals surface area (Å²) in [7, 11) is 0. The van der Waals surface area contributed by atoms with E-state index >= 15 is 0 Å². The third kappa shape index (κ3) is 5.17.